The Labute approximate surface area is 381 Å². The first-order chi connectivity index (χ1) is 30.5. The molecule has 0 aliphatic rings. The van der Waals surface area contributed by atoms with Crippen LogP contribution in [0.4, 0.5) is 0 Å². The lowest BCUT2D eigenvalue weighted by Gasteiger charge is -2.20. The molecule has 5 N–H and O–H groups in total. The van der Waals surface area contributed by atoms with Crippen LogP contribution in [0.5, 0.6) is 0 Å². The van der Waals surface area contributed by atoms with Gasteiger partial charge in [-0.3, -0.25) is 33.0 Å². The summed E-state index contributed by atoms with van der Waals surface area (Å²) in [5, 5.41) is 4.80. The highest BCUT2D eigenvalue weighted by molar-refractivity contribution is 7.47. The predicted octanol–water partition coefficient (Wildman–Crippen LogP) is 10.2. The van der Waals surface area contributed by atoms with E-state index in [1.54, 1.807) is 0 Å². The van der Waals surface area contributed by atoms with E-state index in [9.17, 15) is 33.4 Å². The zero-order valence-corrected chi connectivity index (χ0v) is 40.3. The summed E-state index contributed by atoms with van der Waals surface area (Å²) in [6.45, 7) is 2.56. The van der Waals surface area contributed by atoms with Crippen molar-refractivity contribution < 1.29 is 52.0 Å². The lowest BCUT2D eigenvalue weighted by molar-refractivity contribution is -0.161. The van der Waals surface area contributed by atoms with E-state index < -0.39 is 44.3 Å². The highest BCUT2D eigenvalue weighted by atomic mass is 31.2. The molecule has 0 bridgehead atoms. The molecule has 14 nitrogen and oxygen atoms in total. The summed E-state index contributed by atoms with van der Waals surface area (Å²) in [5.74, 6) is -2.30. The second kappa shape index (κ2) is 44.3. The number of hydrogen-bond acceptors (Lipinski definition) is 11. The molecule has 15 heteroatoms. The third-order valence-corrected chi connectivity index (χ3v) is 11.4. The van der Waals surface area contributed by atoms with Crippen molar-refractivity contribution >= 4 is 37.4 Å². The van der Waals surface area contributed by atoms with Gasteiger partial charge >= 0.3 is 19.8 Å². The molecule has 0 radical (unpaired) electrons. The maximum absolute atomic E-state index is 12.8. The molecule has 0 saturated heterocycles. The van der Waals surface area contributed by atoms with Gasteiger partial charge in [-0.2, -0.15) is 0 Å². The fraction of sp³-hybridized carbons (Fsp3) is 0.812. The van der Waals surface area contributed by atoms with E-state index in [0.29, 0.717) is 12.8 Å². The minimum absolute atomic E-state index is 0.113. The van der Waals surface area contributed by atoms with Crippen LogP contribution < -0.4 is 16.4 Å². The molecule has 0 spiro atoms. The largest absolute Gasteiger partial charge is 0.472 e. The zero-order chi connectivity index (χ0) is 46.5. The molecule has 0 aromatic heterocycles. The smallest absolute Gasteiger partial charge is 0.462 e. The maximum Gasteiger partial charge on any atom is 0.472 e. The summed E-state index contributed by atoms with van der Waals surface area (Å²) >= 11 is 0. The first-order valence-corrected chi connectivity index (χ1v) is 26.0. The van der Waals surface area contributed by atoms with Crippen LogP contribution in [0.25, 0.3) is 0 Å². The van der Waals surface area contributed by atoms with Gasteiger partial charge in [0, 0.05) is 32.2 Å². The number of carbonyl (C=O) groups is 5. The van der Waals surface area contributed by atoms with Gasteiger partial charge in [-0.25, -0.2) is 4.57 Å². The van der Waals surface area contributed by atoms with Gasteiger partial charge in [0.2, 0.25) is 11.8 Å². The van der Waals surface area contributed by atoms with Crippen LogP contribution in [-0.2, 0) is 47.1 Å². The molecule has 0 heterocycles. The highest BCUT2D eigenvalue weighted by Gasteiger charge is 2.26. The summed E-state index contributed by atoms with van der Waals surface area (Å²) in [5.41, 5.74) is 5.17. The molecule has 2 amide bonds. The van der Waals surface area contributed by atoms with Crippen molar-refractivity contribution in [1.29, 1.82) is 0 Å². The molecule has 0 aromatic rings. The summed E-state index contributed by atoms with van der Waals surface area (Å²) < 4.78 is 33.6. The molecule has 0 fully saturated rings. The number of phosphoric ester groups is 1. The Balaban J connectivity index is 4.63. The third kappa shape index (κ3) is 44.1. The standard InChI is InChI=1S/C48H88N3O11P/c1-3-5-7-9-11-13-15-17-19-21-23-25-27-29-31-33-47(55)59-41-44(62-48(56)34-32-30-28-26-24-22-20-18-16-14-12-10-8-6-4-2)42-61-63(57,58)60-38-37-50-45(53)36-35-43(52)40-51-46(54)39-49/h17-20,44H,3-16,21-42,49H2,1-2H3,(H,50,53)(H,51,54)(H,57,58)/b19-17-,20-18-/t44-/m1/s1. The van der Waals surface area contributed by atoms with Gasteiger partial charge in [0.25, 0.3) is 0 Å². The van der Waals surface area contributed by atoms with Gasteiger partial charge in [0.1, 0.15) is 6.61 Å². The number of esters is 2. The Kier molecular flexibility index (Phi) is 42.3. The molecule has 2 atom stereocenters. The SMILES string of the molecule is CCCCCCCC/C=C\CCCCCCCC(=O)OC[C@H](COP(=O)(O)OCCNC(=O)CCC(=O)CNC(=O)CN)OC(=O)CCCCCCC/C=C\CCCCCCCC. The molecule has 0 rings (SSSR count). The Morgan fingerprint density at radius 2 is 1.02 bits per heavy atom. The number of allylic oxidation sites excluding steroid dienone is 4. The Bertz CT molecular complexity index is 1280. The fourth-order valence-corrected chi connectivity index (χ4v) is 7.32. The van der Waals surface area contributed by atoms with E-state index in [4.69, 9.17) is 24.3 Å². The van der Waals surface area contributed by atoms with Gasteiger partial charge in [0.15, 0.2) is 11.9 Å². The first-order valence-electron chi connectivity index (χ1n) is 24.5. The average molecular weight is 914 g/mol. The molecule has 0 aromatic carbocycles. The van der Waals surface area contributed by atoms with Crippen molar-refractivity contribution in [3.63, 3.8) is 0 Å². The summed E-state index contributed by atoms with van der Waals surface area (Å²) in [6, 6.07) is 0. The summed E-state index contributed by atoms with van der Waals surface area (Å²) in [4.78, 5) is 70.6. The number of amides is 2. The Morgan fingerprint density at radius 1 is 0.556 bits per heavy atom. The van der Waals surface area contributed by atoms with Crippen molar-refractivity contribution in [2.75, 3.05) is 39.5 Å². The average Bonchev–Trinajstić information content (AvgIpc) is 3.27. The number of Topliss-reactive ketones (excluding diaryl/α,β-unsaturated/α-hetero) is 1. The second-order valence-electron chi connectivity index (χ2n) is 16.4. The normalized spacial score (nSPS) is 13.0. The van der Waals surface area contributed by atoms with Crippen molar-refractivity contribution in [3.05, 3.63) is 24.3 Å². The van der Waals surface area contributed by atoms with Gasteiger partial charge < -0.3 is 30.7 Å². The molecular formula is C48H88N3O11P. The van der Waals surface area contributed by atoms with Crippen molar-refractivity contribution in [1.82, 2.24) is 10.6 Å². The molecular weight excluding hydrogens is 826 g/mol. The topological polar surface area (TPSA) is 210 Å². The number of unbranched alkanes of at least 4 members (excludes halogenated alkanes) is 22. The van der Waals surface area contributed by atoms with E-state index in [1.807, 2.05) is 0 Å². The van der Waals surface area contributed by atoms with Crippen LogP contribution in [-0.4, -0.2) is 80.0 Å². The van der Waals surface area contributed by atoms with Crippen LogP contribution >= 0.6 is 7.82 Å². The van der Waals surface area contributed by atoms with Crippen LogP contribution in [0.1, 0.15) is 206 Å². The lowest BCUT2D eigenvalue weighted by atomic mass is 10.1. The fourth-order valence-electron chi connectivity index (χ4n) is 6.56. The van der Waals surface area contributed by atoms with E-state index in [-0.39, 0.29) is 64.3 Å². The van der Waals surface area contributed by atoms with E-state index >= 15 is 0 Å². The Morgan fingerprint density at radius 3 is 1.51 bits per heavy atom. The van der Waals surface area contributed by atoms with Gasteiger partial charge in [0.05, 0.1) is 26.3 Å². The number of hydrogen-bond donors (Lipinski definition) is 4. The molecule has 0 saturated carbocycles. The minimum Gasteiger partial charge on any atom is -0.462 e. The minimum atomic E-state index is -4.65. The van der Waals surface area contributed by atoms with E-state index in [1.165, 1.54) is 77.0 Å². The number of rotatable bonds is 46. The molecule has 1 unspecified atom stereocenters. The molecule has 366 valence electrons. The van der Waals surface area contributed by atoms with Crippen molar-refractivity contribution in [2.45, 2.75) is 213 Å². The quantitative estimate of drug-likeness (QED) is 0.0195. The zero-order valence-electron chi connectivity index (χ0n) is 39.4. The van der Waals surface area contributed by atoms with Gasteiger partial charge in [-0.05, 0) is 64.2 Å². The molecule has 0 aliphatic carbocycles. The number of nitrogens with two attached hydrogens (primary N) is 1. The number of ketones is 1. The summed E-state index contributed by atoms with van der Waals surface area (Å²) in [6.07, 6.45) is 37.7. The lowest BCUT2D eigenvalue weighted by Crippen LogP contribution is -2.35. The second-order valence-corrected chi connectivity index (χ2v) is 17.9. The predicted molar refractivity (Wildman–Crippen MR) is 251 cm³/mol. The van der Waals surface area contributed by atoms with Crippen LogP contribution in [0.2, 0.25) is 0 Å². The van der Waals surface area contributed by atoms with Gasteiger partial charge in [-0.15, -0.1) is 0 Å². The summed E-state index contributed by atoms with van der Waals surface area (Å²) in [7, 11) is -4.65. The number of phosphoric acid groups is 1. The first kappa shape index (κ1) is 60.1. The number of carbonyl (C=O) groups excluding carboxylic acids is 5. The van der Waals surface area contributed by atoms with Crippen molar-refractivity contribution in [3.8, 4) is 0 Å². The van der Waals surface area contributed by atoms with Crippen LogP contribution in [0.3, 0.4) is 0 Å². The number of ether oxygens (including phenoxy) is 2. The highest BCUT2D eigenvalue weighted by Crippen LogP contribution is 2.43. The van der Waals surface area contributed by atoms with Gasteiger partial charge in [-0.1, -0.05) is 141 Å². The third-order valence-electron chi connectivity index (χ3n) is 10.4. The van der Waals surface area contributed by atoms with E-state index in [2.05, 4.69) is 48.8 Å². The van der Waals surface area contributed by atoms with Crippen molar-refractivity contribution in [2.24, 2.45) is 5.73 Å². The maximum atomic E-state index is 12.8. The monoisotopic (exact) mass is 914 g/mol. The molecule has 63 heavy (non-hydrogen) atoms. The Hall–Kier alpha value is -2.90. The van der Waals surface area contributed by atoms with Crippen LogP contribution in [0.15, 0.2) is 24.3 Å². The van der Waals surface area contributed by atoms with E-state index in [0.717, 1.165) is 77.0 Å². The van der Waals surface area contributed by atoms with Crippen LogP contribution in [0, 0.1) is 0 Å². The number of nitrogens with one attached hydrogen (secondary N) is 2. The molecule has 0 aliphatic heterocycles.